The summed E-state index contributed by atoms with van der Waals surface area (Å²) in [4.78, 5) is 20.8. The van der Waals surface area contributed by atoms with Crippen molar-refractivity contribution in [2.24, 2.45) is 5.92 Å². The molecule has 2 fully saturated rings. The second-order valence-electron chi connectivity index (χ2n) is 5.69. The number of aromatic amines is 1. The van der Waals surface area contributed by atoms with Gasteiger partial charge in [-0.05, 0) is 30.9 Å². The zero-order valence-corrected chi connectivity index (χ0v) is 12.7. The molecule has 1 aliphatic heterocycles. The highest BCUT2D eigenvalue weighted by molar-refractivity contribution is 9.10. The Morgan fingerprint density at radius 2 is 2.29 bits per heavy atom. The van der Waals surface area contributed by atoms with E-state index in [4.69, 9.17) is 0 Å². The fraction of sp³-hybridized carbons (Fsp3) is 0.333. The summed E-state index contributed by atoms with van der Waals surface area (Å²) in [5.41, 5.74) is 1.86. The van der Waals surface area contributed by atoms with Crippen LogP contribution in [0.15, 0.2) is 34.9 Å². The van der Waals surface area contributed by atoms with E-state index in [9.17, 15) is 9.90 Å². The van der Waals surface area contributed by atoms with Gasteiger partial charge in [-0.25, -0.2) is 9.78 Å². The van der Waals surface area contributed by atoms with Crippen molar-refractivity contribution in [1.29, 1.82) is 0 Å². The lowest BCUT2D eigenvalue weighted by atomic mass is 10.1. The molecule has 0 radical (unpaired) electrons. The van der Waals surface area contributed by atoms with Gasteiger partial charge in [0, 0.05) is 22.3 Å². The lowest BCUT2D eigenvalue weighted by Gasteiger charge is -2.22. The van der Waals surface area contributed by atoms with E-state index >= 15 is 0 Å². The number of hydrogen-bond donors (Lipinski definition) is 2. The first-order valence-corrected chi connectivity index (χ1v) is 7.75. The molecule has 0 spiro atoms. The van der Waals surface area contributed by atoms with E-state index < -0.39 is 6.09 Å². The molecule has 2 heterocycles. The first-order valence-electron chi connectivity index (χ1n) is 6.96. The zero-order chi connectivity index (χ0) is 14.6. The number of halogens is 1. The summed E-state index contributed by atoms with van der Waals surface area (Å²) in [5, 5.41) is 9.38. The molecule has 3 atom stereocenters. The molecular weight excluding hydrogens is 334 g/mol. The Morgan fingerprint density at radius 3 is 3.05 bits per heavy atom. The smallest absolute Gasteiger partial charge is 0.408 e. The van der Waals surface area contributed by atoms with Crippen LogP contribution in [-0.4, -0.2) is 32.1 Å². The van der Waals surface area contributed by atoms with E-state index in [0.29, 0.717) is 5.92 Å². The van der Waals surface area contributed by atoms with Crippen LogP contribution in [0.25, 0.3) is 11.3 Å². The normalized spacial score (nSPS) is 26.7. The number of likely N-dealkylation sites (tertiary alicyclic amines) is 1. The van der Waals surface area contributed by atoms with Crippen LogP contribution >= 0.6 is 15.9 Å². The van der Waals surface area contributed by atoms with E-state index in [1.807, 2.05) is 30.5 Å². The number of nitrogens with one attached hydrogen (secondary N) is 1. The molecule has 0 bridgehead atoms. The predicted molar refractivity (Wildman–Crippen MR) is 80.8 cm³/mol. The Morgan fingerprint density at radius 1 is 1.43 bits per heavy atom. The van der Waals surface area contributed by atoms with Gasteiger partial charge in [-0.2, -0.15) is 0 Å². The molecule has 2 aromatic rings. The topological polar surface area (TPSA) is 69.2 Å². The van der Waals surface area contributed by atoms with E-state index in [0.717, 1.165) is 34.4 Å². The quantitative estimate of drug-likeness (QED) is 0.870. The van der Waals surface area contributed by atoms with Crippen LogP contribution in [0, 0.1) is 5.92 Å². The monoisotopic (exact) mass is 347 g/mol. The van der Waals surface area contributed by atoms with Crippen molar-refractivity contribution in [3.63, 3.8) is 0 Å². The molecule has 4 rings (SSSR count). The van der Waals surface area contributed by atoms with Gasteiger partial charge in [0.1, 0.15) is 5.82 Å². The summed E-state index contributed by atoms with van der Waals surface area (Å²) < 4.78 is 0.999. The Hall–Kier alpha value is -1.82. The second kappa shape index (κ2) is 4.59. The van der Waals surface area contributed by atoms with Crippen LogP contribution < -0.4 is 0 Å². The summed E-state index contributed by atoms with van der Waals surface area (Å²) in [6.45, 7) is 0. The Kier molecular flexibility index (Phi) is 2.82. The van der Waals surface area contributed by atoms with Crippen molar-refractivity contribution in [1.82, 2.24) is 14.9 Å². The van der Waals surface area contributed by atoms with Gasteiger partial charge in [-0.15, -0.1) is 0 Å². The third-order valence-corrected chi connectivity index (χ3v) is 4.85. The summed E-state index contributed by atoms with van der Waals surface area (Å²) in [7, 11) is 0. The van der Waals surface area contributed by atoms with Crippen molar-refractivity contribution >= 4 is 22.0 Å². The van der Waals surface area contributed by atoms with Crippen LogP contribution in [-0.2, 0) is 0 Å². The minimum Gasteiger partial charge on any atom is -0.465 e. The van der Waals surface area contributed by atoms with Crippen LogP contribution in [0.1, 0.15) is 24.7 Å². The highest BCUT2D eigenvalue weighted by atomic mass is 79.9. The number of rotatable bonds is 2. The molecule has 2 N–H and O–H groups in total. The van der Waals surface area contributed by atoms with Gasteiger partial charge in [0.05, 0.1) is 11.7 Å². The number of carbonyl (C=O) groups is 1. The third kappa shape index (κ3) is 2.14. The summed E-state index contributed by atoms with van der Waals surface area (Å²) >= 11 is 3.45. The van der Waals surface area contributed by atoms with Crippen molar-refractivity contribution in [2.75, 3.05) is 0 Å². The second-order valence-corrected chi connectivity index (χ2v) is 6.60. The number of fused-ring (bicyclic) bond motifs is 1. The average molecular weight is 348 g/mol. The minimum absolute atomic E-state index is 0.132. The first kappa shape index (κ1) is 12.9. The molecule has 21 heavy (non-hydrogen) atoms. The largest absolute Gasteiger partial charge is 0.465 e. The van der Waals surface area contributed by atoms with Crippen LogP contribution in [0.2, 0.25) is 0 Å². The molecule has 1 saturated carbocycles. The standard InChI is InChI=1S/C15H14BrN3O2/c16-10-3-1-2-8(4-10)11-7-17-14(18-11)13-6-9-5-12(9)19(13)15(20)21/h1-4,7,9,12-13H,5-6H2,(H,17,18)(H,20,21). The van der Waals surface area contributed by atoms with Gasteiger partial charge < -0.3 is 10.1 Å². The number of amides is 1. The number of hydrogen-bond acceptors (Lipinski definition) is 2. The molecule has 2 aliphatic rings. The number of nitrogens with zero attached hydrogens (tertiary/aromatic N) is 2. The molecule has 6 heteroatoms. The molecular formula is C15H14BrN3O2. The number of benzene rings is 1. The van der Waals surface area contributed by atoms with Gasteiger partial charge >= 0.3 is 6.09 Å². The molecule has 5 nitrogen and oxygen atoms in total. The minimum atomic E-state index is -0.842. The SMILES string of the molecule is O=C(O)N1C(c2nc(-c3cccc(Br)c3)c[nH]2)CC2CC21. The van der Waals surface area contributed by atoms with Gasteiger partial charge in [-0.3, -0.25) is 4.90 Å². The Bertz CT molecular complexity index is 714. The summed E-state index contributed by atoms with van der Waals surface area (Å²) in [6, 6.07) is 7.99. The maximum atomic E-state index is 11.4. The van der Waals surface area contributed by atoms with Gasteiger partial charge in [0.15, 0.2) is 0 Å². The fourth-order valence-electron chi connectivity index (χ4n) is 3.28. The Labute approximate surface area is 130 Å². The zero-order valence-electron chi connectivity index (χ0n) is 11.2. The van der Waals surface area contributed by atoms with E-state index in [1.54, 1.807) is 4.90 Å². The Balaban J connectivity index is 1.64. The van der Waals surface area contributed by atoms with Crippen molar-refractivity contribution < 1.29 is 9.90 Å². The lowest BCUT2D eigenvalue weighted by molar-refractivity contribution is 0.128. The fourth-order valence-corrected chi connectivity index (χ4v) is 3.68. The van der Waals surface area contributed by atoms with E-state index in [2.05, 4.69) is 25.9 Å². The summed E-state index contributed by atoms with van der Waals surface area (Å²) in [6.07, 6.45) is 2.89. The molecule has 1 amide bonds. The molecule has 1 aliphatic carbocycles. The predicted octanol–water partition coefficient (Wildman–Crippen LogP) is 3.65. The molecule has 108 valence electrons. The number of imidazole rings is 1. The van der Waals surface area contributed by atoms with E-state index in [1.165, 1.54) is 0 Å². The average Bonchev–Trinajstić information content (AvgIpc) is 2.90. The van der Waals surface area contributed by atoms with Crippen LogP contribution in [0.3, 0.4) is 0 Å². The highest BCUT2D eigenvalue weighted by Gasteiger charge is 2.55. The first-order chi connectivity index (χ1) is 10.1. The number of piperidine rings is 1. The van der Waals surface area contributed by atoms with Gasteiger partial charge in [-0.1, -0.05) is 28.1 Å². The lowest BCUT2D eigenvalue weighted by Crippen LogP contribution is -2.32. The highest BCUT2D eigenvalue weighted by Crippen LogP contribution is 2.52. The van der Waals surface area contributed by atoms with Crippen molar-refractivity contribution in [2.45, 2.75) is 24.9 Å². The van der Waals surface area contributed by atoms with E-state index in [-0.39, 0.29) is 12.1 Å². The number of carboxylic acid groups (broad SMARTS) is 1. The van der Waals surface area contributed by atoms with Crippen molar-refractivity contribution in [3.8, 4) is 11.3 Å². The van der Waals surface area contributed by atoms with Gasteiger partial charge in [0.2, 0.25) is 0 Å². The molecule has 3 unspecified atom stereocenters. The van der Waals surface area contributed by atoms with Crippen LogP contribution in [0.5, 0.6) is 0 Å². The maximum absolute atomic E-state index is 11.4. The third-order valence-electron chi connectivity index (χ3n) is 4.36. The van der Waals surface area contributed by atoms with Crippen LogP contribution in [0.4, 0.5) is 4.79 Å². The maximum Gasteiger partial charge on any atom is 0.408 e. The van der Waals surface area contributed by atoms with Crippen molar-refractivity contribution in [3.05, 3.63) is 40.8 Å². The molecule has 1 aromatic carbocycles. The van der Waals surface area contributed by atoms with Gasteiger partial charge in [0.25, 0.3) is 0 Å². The molecule has 1 saturated heterocycles. The summed E-state index contributed by atoms with van der Waals surface area (Å²) in [5.74, 6) is 1.27. The number of H-pyrrole nitrogens is 1. The molecule has 1 aromatic heterocycles. The number of aromatic nitrogens is 2.